The summed E-state index contributed by atoms with van der Waals surface area (Å²) in [6.07, 6.45) is 2.82. The van der Waals surface area contributed by atoms with Crippen LogP contribution < -0.4 is 4.72 Å². The molecule has 0 aromatic carbocycles. The third-order valence-corrected chi connectivity index (χ3v) is 1.26. The lowest BCUT2D eigenvalue weighted by atomic mass is 10.4. The SMILES string of the molecule is SNCC1CC1. The minimum atomic E-state index is 0.961. The van der Waals surface area contributed by atoms with Gasteiger partial charge in [0.1, 0.15) is 0 Å². The highest BCUT2D eigenvalue weighted by Gasteiger charge is 2.19. The molecular weight excluding hydrogens is 94.1 g/mol. The molecule has 1 rings (SSSR count). The smallest absolute Gasteiger partial charge is 0.00845 e. The number of nitrogens with one attached hydrogen (secondary N) is 1. The van der Waals surface area contributed by atoms with E-state index < -0.39 is 0 Å². The van der Waals surface area contributed by atoms with E-state index in [-0.39, 0.29) is 0 Å². The van der Waals surface area contributed by atoms with Crippen molar-refractivity contribution in [1.29, 1.82) is 0 Å². The Morgan fingerprint density at radius 1 is 1.67 bits per heavy atom. The molecule has 0 aromatic rings. The summed E-state index contributed by atoms with van der Waals surface area (Å²) < 4.78 is 2.82. The van der Waals surface area contributed by atoms with Crippen molar-refractivity contribution in [1.82, 2.24) is 4.72 Å². The van der Waals surface area contributed by atoms with Gasteiger partial charge >= 0.3 is 0 Å². The fourth-order valence-corrected chi connectivity index (χ4v) is 0.709. The van der Waals surface area contributed by atoms with E-state index >= 15 is 0 Å². The summed E-state index contributed by atoms with van der Waals surface area (Å²) in [6.45, 7) is 1.10. The number of hydrogen-bond donors (Lipinski definition) is 2. The van der Waals surface area contributed by atoms with Crippen LogP contribution in [-0.2, 0) is 0 Å². The van der Waals surface area contributed by atoms with Crippen molar-refractivity contribution < 1.29 is 0 Å². The van der Waals surface area contributed by atoms with E-state index in [1.807, 2.05) is 0 Å². The fourth-order valence-electron chi connectivity index (χ4n) is 0.451. The van der Waals surface area contributed by atoms with Gasteiger partial charge in [0.15, 0.2) is 0 Å². The van der Waals surface area contributed by atoms with Crippen LogP contribution >= 0.6 is 12.8 Å². The molecular formula is C4H9NS. The highest BCUT2D eigenvalue weighted by atomic mass is 32.1. The summed E-state index contributed by atoms with van der Waals surface area (Å²) in [5.41, 5.74) is 0. The van der Waals surface area contributed by atoms with Crippen molar-refractivity contribution in [2.45, 2.75) is 12.8 Å². The Morgan fingerprint density at radius 2 is 2.33 bits per heavy atom. The Balaban J connectivity index is 1.88. The molecule has 1 fully saturated rings. The second-order valence-electron chi connectivity index (χ2n) is 1.81. The van der Waals surface area contributed by atoms with Crippen LogP contribution in [0.4, 0.5) is 0 Å². The molecule has 0 bridgehead atoms. The molecule has 2 heteroatoms. The lowest BCUT2D eigenvalue weighted by molar-refractivity contribution is 0.806. The van der Waals surface area contributed by atoms with Gasteiger partial charge in [0.2, 0.25) is 0 Å². The maximum Gasteiger partial charge on any atom is 0.00845 e. The summed E-state index contributed by atoms with van der Waals surface area (Å²) in [4.78, 5) is 0. The van der Waals surface area contributed by atoms with Crippen molar-refractivity contribution in [2.24, 2.45) is 5.92 Å². The first-order valence-corrected chi connectivity index (χ1v) is 2.75. The van der Waals surface area contributed by atoms with E-state index in [0.29, 0.717) is 0 Å². The molecule has 0 atom stereocenters. The van der Waals surface area contributed by atoms with Gasteiger partial charge < -0.3 is 0 Å². The molecule has 0 radical (unpaired) electrons. The van der Waals surface area contributed by atoms with Crippen molar-refractivity contribution in [2.75, 3.05) is 6.54 Å². The third-order valence-electron chi connectivity index (χ3n) is 1.08. The Labute approximate surface area is 43.7 Å². The molecule has 0 saturated heterocycles. The second kappa shape index (κ2) is 1.85. The summed E-state index contributed by atoms with van der Waals surface area (Å²) in [6, 6.07) is 0. The lowest BCUT2D eigenvalue weighted by Crippen LogP contribution is -2.01. The second-order valence-corrected chi connectivity index (χ2v) is 2.12. The molecule has 1 nitrogen and oxygen atoms in total. The lowest BCUT2D eigenvalue weighted by Gasteiger charge is -1.86. The fraction of sp³-hybridized carbons (Fsp3) is 1.00. The zero-order valence-corrected chi connectivity index (χ0v) is 4.54. The Kier molecular flexibility index (Phi) is 1.37. The zero-order valence-electron chi connectivity index (χ0n) is 3.65. The molecule has 0 heterocycles. The van der Waals surface area contributed by atoms with Crippen LogP contribution in [-0.4, -0.2) is 6.54 Å². The summed E-state index contributed by atoms with van der Waals surface area (Å²) in [5.74, 6) is 0.961. The minimum Gasteiger partial charge on any atom is -0.267 e. The monoisotopic (exact) mass is 103 g/mol. The molecule has 0 amide bonds. The molecule has 6 heavy (non-hydrogen) atoms. The van der Waals surface area contributed by atoms with Crippen LogP contribution in [0.2, 0.25) is 0 Å². The van der Waals surface area contributed by atoms with E-state index in [1.54, 1.807) is 0 Å². The van der Waals surface area contributed by atoms with E-state index in [0.717, 1.165) is 12.5 Å². The van der Waals surface area contributed by atoms with Crippen LogP contribution in [0.5, 0.6) is 0 Å². The zero-order chi connectivity index (χ0) is 4.41. The van der Waals surface area contributed by atoms with Gasteiger partial charge in [-0.1, -0.05) is 12.8 Å². The van der Waals surface area contributed by atoms with Crippen LogP contribution in [0, 0.1) is 5.92 Å². The minimum absolute atomic E-state index is 0.961. The van der Waals surface area contributed by atoms with Gasteiger partial charge in [0, 0.05) is 6.54 Å². The van der Waals surface area contributed by atoms with Gasteiger partial charge in [0.05, 0.1) is 0 Å². The molecule has 1 saturated carbocycles. The predicted molar refractivity (Wildman–Crippen MR) is 29.7 cm³/mol. The van der Waals surface area contributed by atoms with Crippen LogP contribution in [0.25, 0.3) is 0 Å². The van der Waals surface area contributed by atoms with E-state index in [1.165, 1.54) is 12.8 Å². The summed E-state index contributed by atoms with van der Waals surface area (Å²) in [5, 5.41) is 0. The summed E-state index contributed by atoms with van der Waals surface area (Å²) in [7, 11) is 0. The number of rotatable bonds is 2. The number of hydrogen-bond acceptors (Lipinski definition) is 2. The average molecular weight is 103 g/mol. The van der Waals surface area contributed by atoms with Crippen molar-refractivity contribution >= 4 is 12.8 Å². The molecule has 1 N–H and O–H groups in total. The van der Waals surface area contributed by atoms with E-state index in [2.05, 4.69) is 17.5 Å². The van der Waals surface area contributed by atoms with Crippen LogP contribution in [0.1, 0.15) is 12.8 Å². The number of thiol groups is 1. The normalized spacial score (nSPS) is 21.5. The van der Waals surface area contributed by atoms with Gasteiger partial charge in [-0.2, -0.15) is 0 Å². The first kappa shape index (κ1) is 4.47. The Bertz CT molecular complexity index is 42.8. The first-order valence-electron chi connectivity index (χ1n) is 2.30. The first-order chi connectivity index (χ1) is 2.93. The van der Waals surface area contributed by atoms with E-state index in [9.17, 15) is 0 Å². The van der Waals surface area contributed by atoms with Crippen LogP contribution in [0.3, 0.4) is 0 Å². The molecule has 1 aliphatic rings. The van der Waals surface area contributed by atoms with Gasteiger partial charge in [-0.25, -0.2) is 0 Å². The quantitative estimate of drug-likeness (QED) is 0.493. The van der Waals surface area contributed by atoms with Gasteiger partial charge in [0.25, 0.3) is 0 Å². The van der Waals surface area contributed by atoms with Crippen LogP contribution in [0.15, 0.2) is 0 Å². The highest BCUT2D eigenvalue weighted by molar-refractivity contribution is 7.78. The van der Waals surface area contributed by atoms with Gasteiger partial charge in [-0.05, 0) is 18.8 Å². The molecule has 0 spiro atoms. The standard InChI is InChI=1S/C4H9NS/c6-5-3-4-1-2-4/h4-6H,1-3H2. The largest absolute Gasteiger partial charge is 0.267 e. The molecule has 0 aromatic heterocycles. The third kappa shape index (κ3) is 1.19. The maximum atomic E-state index is 3.85. The van der Waals surface area contributed by atoms with Gasteiger partial charge in [-0.3, -0.25) is 4.72 Å². The Morgan fingerprint density at radius 3 is 2.50 bits per heavy atom. The highest BCUT2D eigenvalue weighted by Crippen LogP contribution is 2.27. The predicted octanol–water partition coefficient (Wildman–Crippen LogP) is 0.831. The van der Waals surface area contributed by atoms with Crippen molar-refractivity contribution in [3.63, 3.8) is 0 Å². The van der Waals surface area contributed by atoms with Gasteiger partial charge in [-0.15, -0.1) is 0 Å². The molecule has 0 unspecified atom stereocenters. The average Bonchev–Trinajstić information content (AvgIpc) is 2.21. The maximum absolute atomic E-state index is 3.85. The topological polar surface area (TPSA) is 12.0 Å². The molecule has 36 valence electrons. The van der Waals surface area contributed by atoms with Crippen molar-refractivity contribution in [3.8, 4) is 0 Å². The summed E-state index contributed by atoms with van der Waals surface area (Å²) >= 11 is 3.85. The molecule has 1 aliphatic carbocycles. The van der Waals surface area contributed by atoms with E-state index in [4.69, 9.17) is 0 Å². The van der Waals surface area contributed by atoms with Crippen molar-refractivity contribution in [3.05, 3.63) is 0 Å². The Hall–Kier alpha value is 0.310. The molecule has 0 aliphatic heterocycles.